The molecule has 1 aromatic rings. The lowest BCUT2D eigenvalue weighted by molar-refractivity contribution is 0.101. The van der Waals surface area contributed by atoms with E-state index in [1.807, 2.05) is 6.07 Å². The minimum absolute atomic E-state index is 0.0421. The zero-order valence-electron chi connectivity index (χ0n) is 6.55. The van der Waals surface area contributed by atoms with Gasteiger partial charge in [0, 0.05) is 5.56 Å². The van der Waals surface area contributed by atoms with Gasteiger partial charge < -0.3 is 0 Å². The predicted octanol–water partition coefficient (Wildman–Crippen LogP) is 2.25. The zero-order valence-corrected chi connectivity index (χ0v) is 6.55. The van der Waals surface area contributed by atoms with Gasteiger partial charge in [-0.1, -0.05) is 12.1 Å². The molecule has 1 aromatic carbocycles. The zero-order chi connectivity index (χ0) is 8.43. The molecule has 0 amide bonds. The van der Waals surface area contributed by atoms with Crippen LogP contribution in [0, 0.1) is 13.8 Å². The lowest BCUT2D eigenvalue weighted by Gasteiger charge is -2.01. The SMILES string of the molecule is [CH2]c1ccc([CH2])c(C(C)=O)c1. The number of hydrogen-bond donors (Lipinski definition) is 0. The average Bonchev–Trinajstić information content (AvgIpc) is 1.94. The molecule has 0 spiro atoms. The van der Waals surface area contributed by atoms with Crippen molar-refractivity contribution < 1.29 is 4.79 Å². The van der Waals surface area contributed by atoms with Crippen LogP contribution in [0.5, 0.6) is 0 Å². The summed E-state index contributed by atoms with van der Waals surface area (Å²) in [6.07, 6.45) is 0. The lowest BCUT2D eigenvalue weighted by atomic mass is 10.0. The van der Waals surface area contributed by atoms with Gasteiger partial charge in [0.05, 0.1) is 0 Å². The normalized spacial score (nSPS) is 9.73. The molecular formula is C10H10O. The highest BCUT2D eigenvalue weighted by Gasteiger charge is 2.02. The van der Waals surface area contributed by atoms with Crippen LogP contribution >= 0.6 is 0 Å². The van der Waals surface area contributed by atoms with Gasteiger partial charge in [-0.15, -0.1) is 0 Å². The van der Waals surface area contributed by atoms with Crippen molar-refractivity contribution in [3.63, 3.8) is 0 Å². The van der Waals surface area contributed by atoms with Crippen LogP contribution < -0.4 is 0 Å². The molecule has 0 heterocycles. The molecule has 2 radical (unpaired) electrons. The molecular weight excluding hydrogens is 136 g/mol. The molecule has 1 rings (SSSR count). The molecule has 1 nitrogen and oxygen atoms in total. The molecule has 0 fully saturated rings. The first-order valence-corrected chi connectivity index (χ1v) is 3.40. The van der Waals surface area contributed by atoms with Gasteiger partial charge in [0.2, 0.25) is 0 Å². The molecule has 0 bridgehead atoms. The van der Waals surface area contributed by atoms with Gasteiger partial charge in [-0.3, -0.25) is 4.79 Å². The van der Waals surface area contributed by atoms with Crippen LogP contribution in [0.15, 0.2) is 18.2 Å². The number of carbonyl (C=O) groups excluding carboxylic acids is 1. The number of hydrogen-bond acceptors (Lipinski definition) is 1. The van der Waals surface area contributed by atoms with Crippen LogP contribution in [0.1, 0.15) is 28.4 Å². The van der Waals surface area contributed by atoms with E-state index in [1.165, 1.54) is 6.92 Å². The third-order valence-electron chi connectivity index (χ3n) is 1.55. The molecule has 11 heavy (non-hydrogen) atoms. The van der Waals surface area contributed by atoms with Crippen molar-refractivity contribution in [2.75, 3.05) is 0 Å². The van der Waals surface area contributed by atoms with Gasteiger partial charge in [0.1, 0.15) is 0 Å². The largest absolute Gasteiger partial charge is 0.295 e. The van der Waals surface area contributed by atoms with Crippen LogP contribution in [-0.2, 0) is 0 Å². The maximum Gasteiger partial charge on any atom is 0.160 e. The van der Waals surface area contributed by atoms with E-state index < -0.39 is 0 Å². The minimum Gasteiger partial charge on any atom is -0.295 e. The first-order chi connectivity index (χ1) is 5.11. The van der Waals surface area contributed by atoms with E-state index in [0.717, 1.165) is 11.1 Å². The topological polar surface area (TPSA) is 17.1 Å². The Hall–Kier alpha value is -1.11. The summed E-state index contributed by atoms with van der Waals surface area (Å²) >= 11 is 0. The summed E-state index contributed by atoms with van der Waals surface area (Å²) in [4.78, 5) is 11.0. The standard InChI is InChI=1S/C10H10O/c1-7-4-5-8(2)10(6-7)9(3)11/h4-6H,1-2H2,3H3. The molecule has 1 heteroatoms. The van der Waals surface area contributed by atoms with Gasteiger partial charge in [-0.05, 0) is 38.0 Å². The fraction of sp³-hybridized carbons (Fsp3) is 0.100. The first kappa shape index (κ1) is 7.99. The summed E-state index contributed by atoms with van der Waals surface area (Å²) in [5.41, 5.74) is 2.28. The Balaban J connectivity index is 3.23. The van der Waals surface area contributed by atoms with Crippen LogP contribution in [0.3, 0.4) is 0 Å². The van der Waals surface area contributed by atoms with Crippen molar-refractivity contribution in [1.29, 1.82) is 0 Å². The molecule has 0 aliphatic heterocycles. The Kier molecular flexibility index (Phi) is 2.08. The van der Waals surface area contributed by atoms with E-state index in [0.29, 0.717) is 5.56 Å². The molecule has 0 aliphatic rings. The molecule has 0 unspecified atom stereocenters. The first-order valence-electron chi connectivity index (χ1n) is 3.40. The maximum atomic E-state index is 11.0. The highest BCUT2D eigenvalue weighted by Crippen LogP contribution is 2.10. The van der Waals surface area contributed by atoms with Gasteiger partial charge in [-0.25, -0.2) is 0 Å². The van der Waals surface area contributed by atoms with Gasteiger partial charge in [-0.2, -0.15) is 0 Å². The molecule has 0 atom stereocenters. The molecule has 0 N–H and O–H groups in total. The monoisotopic (exact) mass is 146 g/mol. The number of benzene rings is 1. The van der Waals surface area contributed by atoms with Crippen molar-refractivity contribution in [1.82, 2.24) is 0 Å². The summed E-state index contributed by atoms with van der Waals surface area (Å²) in [6, 6.07) is 5.40. The van der Waals surface area contributed by atoms with E-state index in [9.17, 15) is 4.79 Å². The fourth-order valence-electron chi connectivity index (χ4n) is 0.951. The second-order valence-corrected chi connectivity index (χ2v) is 2.55. The number of Topliss-reactive ketones (excluding diaryl/α,β-unsaturated/α-hetero) is 1. The quantitative estimate of drug-likeness (QED) is 0.555. The third kappa shape index (κ3) is 1.67. The van der Waals surface area contributed by atoms with E-state index in [2.05, 4.69) is 13.8 Å². The van der Waals surface area contributed by atoms with Crippen molar-refractivity contribution in [2.24, 2.45) is 0 Å². The van der Waals surface area contributed by atoms with Gasteiger partial charge >= 0.3 is 0 Å². The Morgan fingerprint density at radius 1 is 1.36 bits per heavy atom. The maximum absolute atomic E-state index is 11.0. The Bertz CT molecular complexity index is 287. The molecule has 0 saturated carbocycles. The smallest absolute Gasteiger partial charge is 0.160 e. The van der Waals surface area contributed by atoms with E-state index >= 15 is 0 Å². The number of ketones is 1. The van der Waals surface area contributed by atoms with Crippen LogP contribution in [0.2, 0.25) is 0 Å². The van der Waals surface area contributed by atoms with Crippen LogP contribution in [0.25, 0.3) is 0 Å². The van der Waals surface area contributed by atoms with Gasteiger partial charge in [0.15, 0.2) is 5.78 Å². The lowest BCUT2D eigenvalue weighted by Crippen LogP contribution is -1.95. The second-order valence-electron chi connectivity index (χ2n) is 2.55. The van der Waals surface area contributed by atoms with E-state index in [-0.39, 0.29) is 5.78 Å². The Morgan fingerprint density at radius 3 is 2.45 bits per heavy atom. The third-order valence-corrected chi connectivity index (χ3v) is 1.55. The molecule has 0 aromatic heterocycles. The van der Waals surface area contributed by atoms with Crippen LogP contribution in [0.4, 0.5) is 0 Å². The summed E-state index contributed by atoms with van der Waals surface area (Å²) in [5, 5.41) is 0. The molecule has 0 aliphatic carbocycles. The van der Waals surface area contributed by atoms with Crippen molar-refractivity contribution in [3.8, 4) is 0 Å². The van der Waals surface area contributed by atoms with Crippen molar-refractivity contribution in [2.45, 2.75) is 6.92 Å². The predicted molar refractivity (Wildman–Crippen MR) is 45.4 cm³/mol. The average molecular weight is 146 g/mol. The Morgan fingerprint density at radius 2 is 2.00 bits per heavy atom. The minimum atomic E-state index is 0.0421. The highest BCUT2D eigenvalue weighted by molar-refractivity contribution is 5.96. The summed E-state index contributed by atoms with van der Waals surface area (Å²) in [6.45, 7) is 8.99. The Labute approximate surface area is 67.1 Å². The molecule has 56 valence electrons. The summed E-state index contributed by atoms with van der Waals surface area (Å²) in [5.74, 6) is 0.0421. The van der Waals surface area contributed by atoms with Crippen molar-refractivity contribution in [3.05, 3.63) is 48.7 Å². The summed E-state index contributed by atoms with van der Waals surface area (Å²) < 4.78 is 0. The fourth-order valence-corrected chi connectivity index (χ4v) is 0.951. The highest BCUT2D eigenvalue weighted by atomic mass is 16.1. The summed E-state index contributed by atoms with van der Waals surface area (Å²) in [7, 11) is 0. The van der Waals surface area contributed by atoms with Gasteiger partial charge in [0.25, 0.3) is 0 Å². The van der Waals surface area contributed by atoms with E-state index in [4.69, 9.17) is 0 Å². The van der Waals surface area contributed by atoms with E-state index in [1.54, 1.807) is 12.1 Å². The van der Waals surface area contributed by atoms with Crippen LogP contribution in [-0.4, -0.2) is 5.78 Å². The molecule has 0 saturated heterocycles. The number of carbonyl (C=O) groups is 1. The second kappa shape index (κ2) is 2.87. The number of rotatable bonds is 1. The van der Waals surface area contributed by atoms with Crippen molar-refractivity contribution >= 4 is 5.78 Å².